The molecule has 1 aromatic rings. The molecule has 118 valence electrons. The minimum absolute atomic E-state index is 0.00419. The van der Waals surface area contributed by atoms with Crippen molar-refractivity contribution < 1.29 is 19.5 Å². The summed E-state index contributed by atoms with van der Waals surface area (Å²) in [5, 5.41) is 14.7. The zero-order chi connectivity index (χ0) is 16.2. The van der Waals surface area contributed by atoms with Gasteiger partial charge >= 0.3 is 5.97 Å². The summed E-state index contributed by atoms with van der Waals surface area (Å²) in [6.45, 7) is 1.42. The Labute approximate surface area is 128 Å². The number of anilines is 2. The van der Waals surface area contributed by atoms with Gasteiger partial charge in [-0.05, 0) is 37.1 Å². The highest BCUT2D eigenvalue weighted by molar-refractivity contribution is 5.95. The Kier molecular flexibility index (Phi) is 4.80. The highest BCUT2D eigenvalue weighted by Crippen LogP contribution is 2.41. The van der Waals surface area contributed by atoms with Crippen LogP contribution in [0.2, 0.25) is 0 Å². The van der Waals surface area contributed by atoms with Crippen molar-refractivity contribution in [3.8, 4) is 0 Å². The van der Waals surface area contributed by atoms with E-state index in [0.717, 1.165) is 12.8 Å². The number of hydrogen-bond acceptors (Lipinski definition) is 3. The van der Waals surface area contributed by atoms with E-state index in [-0.39, 0.29) is 18.2 Å². The van der Waals surface area contributed by atoms with Gasteiger partial charge in [-0.3, -0.25) is 14.4 Å². The first-order valence-corrected chi connectivity index (χ1v) is 7.32. The Morgan fingerprint density at radius 1 is 1.05 bits per heavy atom. The highest BCUT2D eigenvalue weighted by atomic mass is 16.4. The summed E-state index contributed by atoms with van der Waals surface area (Å²) in [5.41, 5.74) is 0.307. The molecule has 1 fully saturated rings. The van der Waals surface area contributed by atoms with E-state index in [2.05, 4.69) is 10.6 Å². The van der Waals surface area contributed by atoms with Crippen molar-refractivity contribution in [1.29, 1.82) is 0 Å². The molecule has 0 unspecified atom stereocenters. The van der Waals surface area contributed by atoms with E-state index in [1.165, 1.54) is 6.92 Å². The number of nitrogens with one attached hydrogen (secondary N) is 2. The molecule has 0 aromatic heterocycles. The molecule has 1 saturated carbocycles. The largest absolute Gasteiger partial charge is 0.481 e. The van der Waals surface area contributed by atoms with Crippen LogP contribution in [0.1, 0.15) is 39.0 Å². The van der Waals surface area contributed by atoms with Gasteiger partial charge in [0.05, 0.1) is 5.41 Å². The quantitative estimate of drug-likeness (QED) is 0.779. The maximum absolute atomic E-state index is 12.1. The van der Waals surface area contributed by atoms with E-state index in [1.54, 1.807) is 24.3 Å². The molecular weight excluding hydrogens is 284 g/mol. The lowest BCUT2D eigenvalue weighted by atomic mass is 9.82. The van der Waals surface area contributed by atoms with Gasteiger partial charge in [0.15, 0.2) is 0 Å². The Bertz CT molecular complexity index is 574. The lowest BCUT2D eigenvalue weighted by Gasteiger charge is -2.22. The van der Waals surface area contributed by atoms with Gasteiger partial charge in [0.1, 0.15) is 0 Å². The topological polar surface area (TPSA) is 95.5 Å². The Morgan fingerprint density at radius 2 is 1.55 bits per heavy atom. The molecule has 6 nitrogen and oxygen atoms in total. The SMILES string of the molecule is CC(=O)Nc1ccc(NC(=O)CC2(C(=O)O)CCCC2)cc1. The average molecular weight is 304 g/mol. The third kappa shape index (κ3) is 3.84. The Hall–Kier alpha value is -2.37. The third-order valence-corrected chi connectivity index (χ3v) is 4.00. The molecule has 3 N–H and O–H groups in total. The lowest BCUT2D eigenvalue weighted by molar-refractivity contribution is -0.150. The van der Waals surface area contributed by atoms with Gasteiger partial charge in [-0.1, -0.05) is 12.8 Å². The van der Waals surface area contributed by atoms with Gasteiger partial charge < -0.3 is 15.7 Å². The van der Waals surface area contributed by atoms with E-state index >= 15 is 0 Å². The standard InChI is InChI=1S/C16H20N2O4/c1-11(19)17-12-4-6-13(7-5-12)18-14(20)10-16(15(21)22)8-2-3-9-16/h4-7H,2-3,8-10H2,1H3,(H,17,19)(H,18,20)(H,21,22). The van der Waals surface area contributed by atoms with Crippen LogP contribution in [-0.2, 0) is 14.4 Å². The van der Waals surface area contributed by atoms with Crippen LogP contribution in [0.5, 0.6) is 0 Å². The van der Waals surface area contributed by atoms with Crippen molar-refractivity contribution in [2.75, 3.05) is 10.6 Å². The number of aliphatic carboxylic acids is 1. The monoisotopic (exact) mass is 304 g/mol. The molecule has 0 atom stereocenters. The summed E-state index contributed by atoms with van der Waals surface area (Å²) in [5.74, 6) is -1.35. The fraction of sp³-hybridized carbons (Fsp3) is 0.438. The van der Waals surface area contributed by atoms with Crippen molar-refractivity contribution in [2.45, 2.75) is 39.0 Å². The number of carboxylic acids is 1. The smallest absolute Gasteiger partial charge is 0.310 e. The fourth-order valence-electron chi connectivity index (χ4n) is 2.87. The number of hydrogen-bond donors (Lipinski definition) is 3. The maximum Gasteiger partial charge on any atom is 0.310 e. The Morgan fingerprint density at radius 3 is 2.00 bits per heavy atom. The number of carbonyl (C=O) groups is 3. The Balaban J connectivity index is 1.97. The van der Waals surface area contributed by atoms with E-state index in [0.29, 0.717) is 24.2 Å². The number of benzene rings is 1. The molecule has 0 heterocycles. The summed E-state index contributed by atoms with van der Waals surface area (Å²) < 4.78 is 0. The molecule has 0 aliphatic heterocycles. The van der Waals surface area contributed by atoms with Crippen LogP contribution in [0.25, 0.3) is 0 Å². The minimum Gasteiger partial charge on any atom is -0.481 e. The van der Waals surface area contributed by atoms with Crippen LogP contribution in [0, 0.1) is 5.41 Å². The van der Waals surface area contributed by atoms with Crippen molar-refractivity contribution in [1.82, 2.24) is 0 Å². The second-order valence-electron chi connectivity index (χ2n) is 5.78. The van der Waals surface area contributed by atoms with Gasteiger partial charge in [0.2, 0.25) is 11.8 Å². The van der Waals surface area contributed by atoms with Crippen LogP contribution in [0.3, 0.4) is 0 Å². The molecule has 1 aromatic carbocycles. The van der Waals surface area contributed by atoms with Gasteiger partial charge in [0, 0.05) is 24.7 Å². The summed E-state index contributed by atoms with van der Waals surface area (Å²) in [7, 11) is 0. The van der Waals surface area contributed by atoms with Crippen molar-refractivity contribution >= 4 is 29.2 Å². The number of carbonyl (C=O) groups excluding carboxylic acids is 2. The number of carboxylic acid groups (broad SMARTS) is 1. The molecular formula is C16H20N2O4. The molecule has 0 spiro atoms. The first kappa shape index (κ1) is 16.0. The number of amides is 2. The fourth-order valence-corrected chi connectivity index (χ4v) is 2.87. The predicted octanol–water partition coefficient (Wildman–Crippen LogP) is 2.62. The van der Waals surface area contributed by atoms with Gasteiger partial charge in [-0.15, -0.1) is 0 Å². The van der Waals surface area contributed by atoms with Crippen molar-refractivity contribution in [2.24, 2.45) is 5.41 Å². The summed E-state index contributed by atoms with van der Waals surface area (Å²) in [4.78, 5) is 34.5. The zero-order valence-corrected chi connectivity index (χ0v) is 12.5. The van der Waals surface area contributed by atoms with Crippen LogP contribution in [0.15, 0.2) is 24.3 Å². The van der Waals surface area contributed by atoms with E-state index in [9.17, 15) is 19.5 Å². The highest BCUT2D eigenvalue weighted by Gasteiger charge is 2.42. The third-order valence-electron chi connectivity index (χ3n) is 4.00. The molecule has 0 bridgehead atoms. The van der Waals surface area contributed by atoms with E-state index in [1.807, 2.05) is 0 Å². The van der Waals surface area contributed by atoms with Crippen LogP contribution < -0.4 is 10.6 Å². The van der Waals surface area contributed by atoms with Crippen LogP contribution in [-0.4, -0.2) is 22.9 Å². The van der Waals surface area contributed by atoms with Gasteiger partial charge in [0.25, 0.3) is 0 Å². The molecule has 0 radical (unpaired) electrons. The molecule has 2 rings (SSSR count). The molecule has 22 heavy (non-hydrogen) atoms. The summed E-state index contributed by atoms with van der Waals surface area (Å²) in [6, 6.07) is 6.70. The van der Waals surface area contributed by atoms with Gasteiger partial charge in [-0.2, -0.15) is 0 Å². The average Bonchev–Trinajstić information content (AvgIpc) is 2.90. The van der Waals surface area contributed by atoms with Crippen molar-refractivity contribution in [3.63, 3.8) is 0 Å². The first-order chi connectivity index (χ1) is 10.4. The zero-order valence-electron chi connectivity index (χ0n) is 12.5. The van der Waals surface area contributed by atoms with Crippen molar-refractivity contribution in [3.05, 3.63) is 24.3 Å². The van der Waals surface area contributed by atoms with E-state index < -0.39 is 11.4 Å². The molecule has 6 heteroatoms. The maximum atomic E-state index is 12.1. The lowest BCUT2D eigenvalue weighted by Crippen LogP contribution is -2.32. The minimum atomic E-state index is -0.916. The predicted molar refractivity (Wildman–Crippen MR) is 82.5 cm³/mol. The molecule has 0 saturated heterocycles. The van der Waals surface area contributed by atoms with Crippen LogP contribution >= 0.6 is 0 Å². The summed E-state index contributed by atoms with van der Waals surface area (Å²) >= 11 is 0. The normalized spacial score (nSPS) is 16.0. The van der Waals surface area contributed by atoms with E-state index in [4.69, 9.17) is 0 Å². The summed E-state index contributed by atoms with van der Waals surface area (Å²) in [6.07, 6.45) is 2.81. The molecule has 1 aliphatic rings. The molecule has 1 aliphatic carbocycles. The first-order valence-electron chi connectivity index (χ1n) is 7.32. The number of rotatable bonds is 5. The molecule has 2 amide bonds. The van der Waals surface area contributed by atoms with Crippen LogP contribution in [0.4, 0.5) is 11.4 Å². The second-order valence-corrected chi connectivity index (χ2v) is 5.78. The second kappa shape index (κ2) is 6.60. The van der Waals surface area contributed by atoms with Gasteiger partial charge in [-0.25, -0.2) is 0 Å².